The minimum Gasteiger partial charge on any atom is -0.457 e. The smallest absolute Gasteiger partial charge is 0.294 e. The van der Waals surface area contributed by atoms with Crippen LogP contribution in [-0.4, -0.2) is 105 Å². The molecule has 13 rings (SSSR count). The molecule has 0 saturated heterocycles. The third-order valence-electron chi connectivity index (χ3n) is 17.4. The molecule has 11 aromatic carbocycles. The lowest BCUT2D eigenvalue weighted by Crippen LogP contribution is -2.44. The number of ether oxygens (including phenoxy) is 4. The van der Waals surface area contributed by atoms with E-state index in [0.29, 0.717) is 16.9 Å². The van der Waals surface area contributed by atoms with Crippen LogP contribution in [0.5, 0.6) is 46.0 Å². The molecule has 0 saturated carbocycles. The fraction of sp³-hybridized carbons (Fsp3) is 0.151. The molecule has 0 atom stereocenters. The normalized spacial score (nSPS) is 13.5. The van der Waals surface area contributed by atoms with Gasteiger partial charge in [0.15, 0.2) is 5.12 Å². The molecule has 5 N–H and O–H groups in total. The van der Waals surface area contributed by atoms with Crippen molar-refractivity contribution < 1.29 is 99.6 Å². The van der Waals surface area contributed by atoms with Crippen molar-refractivity contribution in [3.8, 4) is 46.0 Å². The predicted octanol–water partition coefficient (Wildman–Crippen LogP) is 13.9. The second-order valence-electron chi connectivity index (χ2n) is 24.7. The van der Waals surface area contributed by atoms with Gasteiger partial charge in [-0.1, -0.05) is 88.0 Å². The highest BCUT2D eigenvalue weighted by molar-refractivity contribution is 8.12. The first-order valence-electron chi connectivity index (χ1n) is 31.5. The molecule has 0 aromatic heterocycles. The van der Waals surface area contributed by atoms with E-state index in [1.807, 2.05) is 58.0 Å². The first-order valence-corrected chi connectivity index (χ1v) is 38.2. The zero-order valence-electron chi connectivity index (χ0n) is 54.4. The van der Waals surface area contributed by atoms with Crippen molar-refractivity contribution in [1.82, 2.24) is 10.2 Å². The van der Waals surface area contributed by atoms with Gasteiger partial charge in [-0.3, -0.25) is 51.9 Å². The number of hydrogen-bond donors (Lipinski definition) is 5. The summed E-state index contributed by atoms with van der Waals surface area (Å²) in [5.41, 5.74) is 1.34. The molecular weight excluding hydrogens is 1430 g/mol. The van der Waals surface area contributed by atoms with Crippen LogP contribution in [0, 0.1) is 0 Å². The second kappa shape index (κ2) is 26.9. The molecule has 2 aliphatic heterocycles. The molecule has 2 aliphatic rings. The van der Waals surface area contributed by atoms with Crippen LogP contribution in [0.2, 0.25) is 0 Å². The van der Waals surface area contributed by atoms with Gasteiger partial charge < -0.3 is 24.3 Å². The van der Waals surface area contributed by atoms with E-state index < -0.39 is 96.1 Å². The van der Waals surface area contributed by atoms with Gasteiger partial charge in [-0.15, -0.1) is 0 Å². The van der Waals surface area contributed by atoms with Crippen LogP contribution in [0.25, 0.3) is 43.1 Å². The summed E-state index contributed by atoms with van der Waals surface area (Å²) >= 11 is 1.03. The molecule has 30 heteroatoms. The molecule has 103 heavy (non-hydrogen) atoms. The molecular formula is C73H57N3O22S5. The number of carbonyl (C=O) groups excluding carboxylic acids is 6. The van der Waals surface area contributed by atoms with E-state index >= 15 is 19.2 Å². The van der Waals surface area contributed by atoms with Crippen LogP contribution in [0.15, 0.2) is 189 Å². The fourth-order valence-electron chi connectivity index (χ4n) is 12.7. The lowest BCUT2D eigenvalue weighted by Gasteiger charge is -2.34. The van der Waals surface area contributed by atoms with Crippen molar-refractivity contribution in [2.24, 2.45) is 0 Å². The molecule has 0 bridgehead atoms. The Kier molecular flexibility index (Phi) is 18.5. The first-order chi connectivity index (χ1) is 48.7. The number of nitrogens with zero attached hydrogens (tertiary/aromatic N) is 2. The second-order valence-corrected chi connectivity index (χ2v) is 31.4. The fourth-order valence-corrected chi connectivity index (χ4v) is 15.4. The summed E-state index contributed by atoms with van der Waals surface area (Å²) in [7, 11) is -19.3. The first kappa shape index (κ1) is 70.8. The molecule has 0 fully saturated rings. The number of imide groups is 2. The van der Waals surface area contributed by atoms with Gasteiger partial charge in [-0.05, 0) is 150 Å². The third kappa shape index (κ3) is 13.6. The Bertz CT molecular complexity index is 5590. The number of rotatable bonds is 23. The minimum absolute atomic E-state index is 0.0887. The lowest BCUT2D eigenvalue weighted by molar-refractivity contribution is -0.123. The van der Waals surface area contributed by atoms with Gasteiger partial charge in [0.1, 0.15) is 46.0 Å². The van der Waals surface area contributed by atoms with Crippen molar-refractivity contribution in [2.45, 2.75) is 77.7 Å². The predicted molar refractivity (Wildman–Crippen MR) is 379 cm³/mol. The number of fused-ring (bicyclic) bond motifs is 2. The number of benzene rings is 11. The third-order valence-corrected chi connectivity index (χ3v) is 21.9. The van der Waals surface area contributed by atoms with Crippen LogP contribution in [0.3, 0.4) is 0 Å². The molecule has 0 aliphatic carbocycles. The van der Waals surface area contributed by atoms with E-state index in [0.717, 1.165) is 99.9 Å². The van der Waals surface area contributed by atoms with Crippen LogP contribution in [0.1, 0.15) is 110 Å². The van der Waals surface area contributed by atoms with Gasteiger partial charge in [0.05, 0.1) is 47.5 Å². The van der Waals surface area contributed by atoms with Crippen molar-refractivity contribution in [3.05, 3.63) is 209 Å². The lowest BCUT2D eigenvalue weighted by atomic mass is 9.80. The van der Waals surface area contributed by atoms with E-state index in [1.165, 1.54) is 48.5 Å². The number of hydrogen-bond acceptors (Lipinski definition) is 19. The van der Waals surface area contributed by atoms with Gasteiger partial charge in [-0.25, -0.2) is 4.90 Å². The average Bonchev–Trinajstić information content (AvgIpc) is 0.671. The SMILES string of the molecule is CC(C)c1cccc(C(C)C)c1N1C(=O)c2cc(Oc3ccc(S(=O)(=O)O)cc3)c3c4c(Oc5ccc(S(=O)(=O)O)cc5)cc5c6c(cc(Oc7ccc(S(=O)(=O)O)cc7)c(c7c(Oc8ccc(S(=O)(=O)O)cc8)cc(c2c37)C1=O)c64)C(=O)N(CCNC(=O)CCC(=O)SCc1ccccc1)C5=O. The molecule has 0 radical (unpaired) electrons. The zero-order valence-corrected chi connectivity index (χ0v) is 58.5. The van der Waals surface area contributed by atoms with Crippen molar-refractivity contribution >= 4 is 136 Å². The van der Waals surface area contributed by atoms with Crippen molar-refractivity contribution in [3.63, 3.8) is 0 Å². The quantitative estimate of drug-likeness (QED) is 0.0172. The summed E-state index contributed by atoms with van der Waals surface area (Å²) in [5, 5.41) is 1.48. The van der Waals surface area contributed by atoms with Crippen LogP contribution < -0.4 is 29.2 Å². The largest absolute Gasteiger partial charge is 0.457 e. The summed E-state index contributed by atoms with van der Waals surface area (Å²) in [6.45, 7) is 6.65. The Labute approximate surface area is 592 Å². The average molecular weight is 1490 g/mol. The Morgan fingerprint density at radius 1 is 0.417 bits per heavy atom. The maximum Gasteiger partial charge on any atom is 0.294 e. The van der Waals surface area contributed by atoms with E-state index in [-0.39, 0.29) is 153 Å². The Morgan fingerprint density at radius 3 is 1.07 bits per heavy atom. The minimum atomic E-state index is -4.83. The number of nitrogens with one attached hydrogen (secondary N) is 1. The van der Waals surface area contributed by atoms with Gasteiger partial charge in [0.25, 0.3) is 64.1 Å². The monoisotopic (exact) mass is 1490 g/mol. The highest BCUT2D eigenvalue weighted by atomic mass is 32.2. The van der Waals surface area contributed by atoms with Crippen molar-refractivity contribution in [2.75, 3.05) is 18.0 Å². The molecule has 25 nitrogen and oxygen atoms in total. The number of thioether (sulfide) groups is 1. The van der Waals surface area contributed by atoms with E-state index in [4.69, 9.17) is 18.9 Å². The topological polar surface area (TPSA) is 375 Å². The van der Waals surface area contributed by atoms with E-state index in [1.54, 1.807) is 18.2 Å². The van der Waals surface area contributed by atoms with Crippen LogP contribution in [-0.2, 0) is 55.8 Å². The number of para-hydroxylation sites is 1. The van der Waals surface area contributed by atoms with Crippen molar-refractivity contribution in [1.29, 1.82) is 0 Å². The molecule has 2 heterocycles. The standard InChI is InChI=1S/C73H57N3O22S5/c1-38(2)49-11-8-12-50(39(3)4)69(49)76-72(81)53-35-57(97-43-17-25-47(26-18-43)102(89,90)91)65-63-55(95-41-13-21-45(22-14-41)100(83,84)85)33-51-61-52(71(80)75(70(51)79)32-31-74-59(77)29-30-60(78)99-37-40-9-6-5-7-10-40)34-56(96-42-15-23-46(24-16-42)101(86,87)88)64(67(61)63)66-58(36-54(73(76)82)62(53)68(65)66)98-44-19-27-48(28-20-44)103(92,93)94/h5-28,33-36,38-39H,29-32,37H2,1-4H3,(H,74,77)(H,83,84,85)(H,86,87,88)(H,89,90,91)(H,92,93,94). The van der Waals surface area contributed by atoms with E-state index in [9.17, 15) is 61.5 Å². The van der Waals surface area contributed by atoms with Gasteiger partial charge in [-0.2, -0.15) is 33.7 Å². The maximum atomic E-state index is 16.2. The summed E-state index contributed by atoms with van der Waals surface area (Å²) in [5.74, 6) is -6.47. The van der Waals surface area contributed by atoms with E-state index in [2.05, 4.69) is 5.32 Å². The molecule has 0 unspecified atom stereocenters. The molecule has 11 aromatic rings. The Morgan fingerprint density at radius 2 is 0.748 bits per heavy atom. The summed E-state index contributed by atoms with van der Waals surface area (Å²) in [4.78, 5) is 89.7. The van der Waals surface area contributed by atoms with Crippen LogP contribution >= 0.6 is 11.8 Å². The summed E-state index contributed by atoms with van der Waals surface area (Å²) in [6.07, 6.45) is -0.398. The van der Waals surface area contributed by atoms with Gasteiger partial charge >= 0.3 is 0 Å². The summed E-state index contributed by atoms with van der Waals surface area (Å²) in [6, 6.07) is 37.1. The molecule has 5 amide bonds. The maximum absolute atomic E-state index is 16.2. The Balaban J connectivity index is 1.13. The molecule has 0 spiro atoms. The molecule has 526 valence electrons. The number of amides is 5. The van der Waals surface area contributed by atoms with Crippen LogP contribution in [0.4, 0.5) is 5.69 Å². The van der Waals surface area contributed by atoms with Gasteiger partial charge in [0, 0.05) is 74.8 Å². The van der Waals surface area contributed by atoms with Gasteiger partial charge in [0.2, 0.25) is 5.91 Å². The number of carbonyl (C=O) groups is 6. The summed E-state index contributed by atoms with van der Waals surface area (Å²) < 4.78 is 168. The highest BCUT2D eigenvalue weighted by Crippen LogP contribution is 2.58. The number of anilines is 1. The highest BCUT2D eigenvalue weighted by Gasteiger charge is 2.43. The Hall–Kier alpha value is -10.7. The zero-order chi connectivity index (χ0) is 73.5.